The number of ether oxygens (including phenoxy) is 2. The lowest BCUT2D eigenvalue weighted by Crippen LogP contribution is -2.45. The molecule has 6 nitrogen and oxygen atoms in total. The molecule has 0 spiro atoms. The van der Waals surface area contributed by atoms with Crippen LogP contribution in [0.1, 0.15) is 43.6 Å². The molecule has 3 aromatic rings. The van der Waals surface area contributed by atoms with Gasteiger partial charge in [0.1, 0.15) is 17.4 Å². The van der Waals surface area contributed by atoms with Crippen LogP contribution in [-0.2, 0) is 20.7 Å². The van der Waals surface area contributed by atoms with Gasteiger partial charge in [0.05, 0.1) is 0 Å². The van der Waals surface area contributed by atoms with E-state index < -0.39 is 29.8 Å². The highest BCUT2D eigenvalue weighted by Gasteiger charge is 2.29. The molecule has 1 atom stereocenters. The minimum atomic E-state index is -0.987. The van der Waals surface area contributed by atoms with Gasteiger partial charge in [-0.05, 0) is 49.6 Å². The summed E-state index contributed by atoms with van der Waals surface area (Å²) in [5, 5.41) is 12.2. The molecule has 0 bridgehead atoms. The van der Waals surface area contributed by atoms with E-state index in [-0.39, 0.29) is 12.2 Å². The van der Waals surface area contributed by atoms with Gasteiger partial charge in [0.2, 0.25) is 0 Å². The fourth-order valence-electron chi connectivity index (χ4n) is 3.29. The number of carbonyl (C=O) groups excluding carboxylic acids is 2. The van der Waals surface area contributed by atoms with Gasteiger partial charge in [-0.3, -0.25) is 0 Å². The molecule has 2 N–H and O–H groups in total. The van der Waals surface area contributed by atoms with Crippen LogP contribution in [0.15, 0.2) is 84.9 Å². The van der Waals surface area contributed by atoms with E-state index in [1.165, 1.54) is 12.1 Å². The van der Waals surface area contributed by atoms with Crippen molar-refractivity contribution in [3.05, 3.63) is 102 Å². The predicted molar refractivity (Wildman–Crippen MR) is 126 cm³/mol. The van der Waals surface area contributed by atoms with Crippen LogP contribution in [0.5, 0.6) is 5.75 Å². The van der Waals surface area contributed by atoms with Crippen molar-refractivity contribution in [2.45, 2.75) is 44.9 Å². The molecule has 1 amide bonds. The first-order valence-electron chi connectivity index (χ1n) is 10.8. The lowest BCUT2D eigenvalue weighted by Gasteiger charge is -2.25. The Balaban J connectivity index is 1.86. The Morgan fingerprint density at radius 3 is 1.85 bits per heavy atom. The van der Waals surface area contributed by atoms with E-state index >= 15 is 0 Å². The Hall–Kier alpha value is -3.80. The molecule has 0 saturated carbocycles. The molecule has 0 aliphatic rings. The number of rotatable bonds is 7. The van der Waals surface area contributed by atoms with Crippen LogP contribution in [0, 0.1) is 0 Å². The van der Waals surface area contributed by atoms with E-state index in [2.05, 4.69) is 5.32 Å². The number of phenols is 1. The lowest BCUT2D eigenvalue weighted by molar-refractivity contribution is -0.150. The van der Waals surface area contributed by atoms with Gasteiger partial charge in [-0.25, -0.2) is 9.59 Å². The molecule has 0 fully saturated rings. The number of aromatic hydroxyl groups is 1. The third kappa shape index (κ3) is 7.38. The van der Waals surface area contributed by atoms with Crippen molar-refractivity contribution in [3.63, 3.8) is 0 Å². The van der Waals surface area contributed by atoms with Crippen LogP contribution in [0.4, 0.5) is 4.79 Å². The Bertz CT molecular complexity index is 1000. The summed E-state index contributed by atoms with van der Waals surface area (Å²) < 4.78 is 11.3. The maximum Gasteiger partial charge on any atom is 0.408 e. The van der Waals surface area contributed by atoms with Crippen molar-refractivity contribution in [2.24, 2.45) is 0 Å². The van der Waals surface area contributed by atoms with Crippen molar-refractivity contribution in [3.8, 4) is 5.75 Å². The fourth-order valence-corrected chi connectivity index (χ4v) is 3.29. The third-order valence-electron chi connectivity index (χ3n) is 4.79. The summed E-state index contributed by atoms with van der Waals surface area (Å²) in [5.74, 6) is -0.474. The number of benzene rings is 3. The molecule has 6 heteroatoms. The van der Waals surface area contributed by atoms with E-state index in [1.54, 1.807) is 32.9 Å². The van der Waals surface area contributed by atoms with Crippen LogP contribution in [0.2, 0.25) is 0 Å². The van der Waals surface area contributed by atoms with Gasteiger partial charge in [0.15, 0.2) is 6.10 Å². The van der Waals surface area contributed by atoms with Gasteiger partial charge in [-0.1, -0.05) is 72.8 Å². The number of amides is 1. The molecule has 0 radical (unpaired) electrons. The number of phenolic OH excluding ortho intramolecular Hbond substituents is 1. The normalized spacial score (nSPS) is 12.1. The lowest BCUT2D eigenvalue weighted by atomic mass is 10.0. The first-order chi connectivity index (χ1) is 15.7. The zero-order valence-corrected chi connectivity index (χ0v) is 19.0. The molecule has 33 heavy (non-hydrogen) atoms. The van der Waals surface area contributed by atoms with Crippen LogP contribution in [-0.4, -0.2) is 28.8 Å². The van der Waals surface area contributed by atoms with Crippen LogP contribution < -0.4 is 5.32 Å². The fraction of sp³-hybridized carbons (Fsp3) is 0.259. The third-order valence-corrected chi connectivity index (χ3v) is 4.79. The molecule has 0 saturated heterocycles. The highest BCUT2D eigenvalue weighted by Crippen LogP contribution is 2.27. The Labute approximate surface area is 194 Å². The maximum atomic E-state index is 13.3. The quantitative estimate of drug-likeness (QED) is 0.489. The Morgan fingerprint density at radius 2 is 1.36 bits per heavy atom. The number of hydrogen-bond acceptors (Lipinski definition) is 5. The zero-order valence-electron chi connectivity index (χ0n) is 19.0. The SMILES string of the molecule is CC(C)(C)OC(=O)N[C@@H](Cc1ccc(O)cc1)C(=O)OC(c1ccccc1)c1ccccc1. The number of nitrogens with one attached hydrogen (secondary N) is 1. The second kappa shape index (κ2) is 10.7. The highest BCUT2D eigenvalue weighted by atomic mass is 16.6. The molecule has 0 aromatic heterocycles. The summed E-state index contributed by atoms with van der Waals surface area (Å²) in [4.78, 5) is 25.8. The molecule has 0 aliphatic carbocycles. The molecule has 3 aromatic carbocycles. The first-order valence-corrected chi connectivity index (χ1v) is 10.8. The van der Waals surface area contributed by atoms with Crippen LogP contribution in [0.25, 0.3) is 0 Å². The van der Waals surface area contributed by atoms with E-state index in [9.17, 15) is 14.7 Å². The second-order valence-corrected chi connectivity index (χ2v) is 8.71. The van der Waals surface area contributed by atoms with Gasteiger partial charge in [0, 0.05) is 6.42 Å². The van der Waals surface area contributed by atoms with Crippen molar-refractivity contribution < 1.29 is 24.2 Å². The second-order valence-electron chi connectivity index (χ2n) is 8.71. The average molecular weight is 448 g/mol. The molecular formula is C27H29NO5. The maximum absolute atomic E-state index is 13.3. The predicted octanol–water partition coefficient (Wildman–Crippen LogP) is 5.16. The zero-order chi connectivity index (χ0) is 23.8. The number of carbonyl (C=O) groups is 2. The molecular weight excluding hydrogens is 418 g/mol. The Kier molecular flexibility index (Phi) is 7.72. The van der Waals surface area contributed by atoms with Gasteiger partial charge in [-0.2, -0.15) is 0 Å². The number of alkyl carbamates (subject to hydrolysis) is 1. The van der Waals surface area contributed by atoms with E-state index in [0.717, 1.165) is 16.7 Å². The van der Waals surface area contributed by atoms with Gasteiger partial charge >= 0.3 is 12.1 Å². The van der Waals surface area contributed by atoms with Crippen LogP contribution in [0.3, 0.4) is 0 Å². The van der Waals surface area contributed by atoms with Crippen molar-refractivity contribution in [2.75, 3.05) is 0 Å². The number of esters is 1. The molecule has 0 aliphatic heterocycles. The summed E-state index contributed by atoms with van der Waals surface area (Å²) in [6.07, 6.45) is -1.17. The molecule has 0 unspecified atom stereocenters. The average Bonchev–Trinajstić information content (AvgIpc) is 2.78. The van der Waals surface area contributed by atoms with Crippen molar-refractivity contribution >= 4 is 12.1 Å². The van der Waals surface area contributed by atoms with Crippen LogP contribution >= 0.6 is 0 Å². The largest absolute Gasteiger partial charge is 0.508 e. The Morgan fingerprint density at radius 1 is 0.848 bits per heavy atom. The topological polar surface area (TPSA) is 84.9 Å². The summed E-state index contributed by atoms with van der Waals surface area (Å²) >= 11 is 0. The summed E-state index contributed by atoms with van der Waals surface area (Å²) in [5.41, 5.74) is 1.67. The minimum absolute atomic E-state index is 0.117. The minimum Gasteiger partial charge on any atom is -0.508 e. The van der Waals surface area contributed by atoms with Crippen molar-refractivity contribution in [1.29, 1.82) is 0 Å². The number of hydrogen-bond donors (Lipinski definition) is 2. The standard InChI is InChI=1S/C27H29NO5/c1-27(2,3)33-26(31)28-23(18-19-14-16-22(29)17-15-19)25(30)32-24(20-10-6-4-7-11-20)21-12-8-5-9-13-21/h4-17,23-24,29H,18H2,1-3H3,(H,28,31)/t23-/m0/s1. The summed E-state index contributed by atoms with van der Waals surface area (Å²) in [7, 11) is 0. The van der Waals surface area contributed by atoms with Crippen molar-refractivity contribution in [1.82, 2.24) is 5.32 Å². The summed E-state index contributed by atoms with van der Waals surface area (Å²) in [6.45, 7) is 5.25. The molecule has 172 valence electrons. The van der Waals surface area contributed by atoms with Gasteiger partial charge < -0.3 is 19.9 Å². The van der Waals surface area contributed by atoms with E-state index in [1.807, 2.05) is 60.7 Å². The summed E-state index contributed by atoms with van der Waals surface area (Å²) in [6, 6.07) is 24.3. The first kappa shape index (κ1) is 23.9. The van der Waals surface area contributed by atoms with Gasteiger partial charge in [-0.15, -0.1) is 0 Å². The molecule has 0 heterocycles. The smallest absolute Gasteiger partial charge is 0.408 e. The highest BCUT2D eigenvalue weighted by molar-refractivity contribution is 5.82. The van der Waals surface area contributed by atoms with Gasteiger partial charge in [0.25, 0.3) is 0 Å². The monoisotopic (exact) mass is 447 g/mol. The molecule has 3 rings (SSSR count). The van der Waals surface area contributed by atoms with E-state index in [4.69, 9.17) is 9.47 Å². The van der Waals surface area contributed by atoms with E-state index in [0.29, 0.717) is 0 Å².